The molecule has 0 aliphatic heterocycles. The number of benzene rings is 1. The number of nitrogens with one attached hydrogen (secondary N) is 1. The molecule has 0 radical (unpaired) electrons. The first-order chi connectivity index (χ1) is 9.94. The zero-order chi connectivity index (χ0) is 15.5. The number of nitrogens with zero attached hydrogens (tertiary/aromatic N) is 2. The minimum Gasteiger partial charge on any atom is -0.392 e. The van der Waals surface area contributed by atoms with Gasteiger partial charge in [-0.05, 0) is 30.2 Å². The highest BCUT2D eigenvalue weighted by molar-refractivity contribution is 7.89. The summed E-state index contributed by atoms with van der Waals surface area (Å²) in [7, 11) is -1.71. The molecule has 0 bridgehead atoms. The van der Waals surface area contributed by atoms with E-state index in [0.29, 0.717) is 12.0 Å². The van der Waals surface area contributed by atoms with Crippen molar-refractivity contribution in [2.45, 2.75) is 24.8 Å². The molecule has 0 spiro atoms. The predicted octanol–water partition coefficient (Wildman–Crippen LogP) is 0.742. The Balaban J connectivity index is 2.06. The maximum Gasteiger partial charge on any atom is 0.240 e. The summed E-state index contributed by atoms with van der Waals surface area (Å²) in [6.07, 6.45) is 4.01. The van der Waals surface area contributed by atoms with Gasteiger partial charge in [0.25, 0.3) is 0 Å². The average Bonchev–Trinajstić information content (AvgIpc) is 2.84. The molecule has 1 heterocycles. The van der Waals surface area contributed by atoms with Crippen molar-refractivity contribution < 1.29 is 13.5 Å². The molecule has 0 atom stereocenters. The van der Waals surface area contributed by atoms with Crippen molar-refractivity contribution in [2.24, 2.45) is 7.05 Å². The van der Waals surface area contributed by atoms with Crippen molar-refractivity contribution in [3.63, 3.8) is 0 Å². The van der Waals surface area contributed by atoms with Crippen LogP contribution in [0, 0.1) is 6.92 Å². The van der Waals surface area contributed by atoms with Crippen LogP contribution >= 0.6 is 0 Å². The number of aliphatic hydroxyl groups excluding tert-OH is 1. The van der Waals surface area contributed by atoms with Gasteiger partial charge in [0.1, 0.15) is 5.82 Å². The molecular formula is C14H19N3O3S. The van der Waals surface area contributed by atoms with Crippen molar-refractivity contribution in [1.82, 2.24) is 14.3 Å². The second-order valence-electron chi connectivity index (χ2n) is 4.85. The molecule has 2 aromatic rings. The molecule has 114 valence electrons. The topological polar surface area (TPSA) is 84.2 Å². The van der Waals surface area contributed by atoms with Crippen molar-refractivity contribution in [3.8, 4) is 0 Å². The van der Waals surface area contributed by atoms with Crippen LogP contribution in [0.1, 0.15) is 17.0 Å². The minimum atomic E-state index is -3.57. The summed E-state index contributed by atoms with van der Waals surface area (Å²) < 4.78 is 28.8. The Morgan fingerprint density at radius 3 is 2.76 bits per heavy atom. The van der Waals surface area contributed by atoms with Gasteiger partial charge < -0.3 is 9.67 Å². The van der Waals surface area contributed by atoms with Crippen molar-refractivity contribution in [3.05, 3.63) is 47.5 Å². The van der Waals surface area contributed by atoms with E-state index < -0.39 is 10.0 Å². The third-order valence-electron chi connectivity index (χ3n) is 3.36. The van der Waals surface area contributed by atoms with Crippen LogP contribution in [0.2, 0.25) is 0 Å². The summed E-state index contributed by atoms with van der Waals surface area (Å²) in [5.74, 6) is 0.817. The van der Waals surface area contributed by atoms with Crippen LogP contribution in [0.3, 0.4) is 0 Å². The van der Waals surface area contributed by atoms with Crippen LogP contribution in [0.4, 0.5) is 0 Å². The fourth-order valence-corrected chi connectivity index (χ4v) is 3.09. The van der Waals surface area contributed by atoms with Gasteiger partial charge in [-0.25, -0.2) is 18.1 Å². The van der Waals surface area contributed by atoms with Crippen LogP contribution in [0.25, 0.3) is 0 Å². The Hall–Kier alpha value is -1.70. The monoisotopic (exact) mass is 309 g/mol. The van der Waals surface area contributed by atoms with Gasteiger partial charge in [-0.1, -0.05) is 6.07 Å². The molecule has 21 heavy (non-hydrogen) atoms. The Bertz CT molecular complexity index is 723. The maximum absolute atomic E-state index is 12.2. The first-order valence-electron chi connectivity index (χ1n) is 6.60. The van der Waals surface area contributed by atoms with Gasteiger partial charge in [-0.3, -0.25) is 0 Å². The fourth-order valence-electron chi connectivity index (χ4n) is 2.00. The molecule has 0 aliphatic rings. The zero-order valence-electron chi connectivity index (χ0n) is 12.1. The predicted molar refractivity (Wildman–Crippen MR) is 79.2 cm³/mol. The molecule has 0 fully saturated rings. The third-order valence-corrected chi connectivity index (χ3v) is 4.82. The molecule has 7 heteroatoms. The number of sulfonamides is 1. The summed E-state index contributed by atoms with van der Waals surface area (Å²) in [5.41, 5.74) is 1.48. The first kappa shape index (κ1) is 15.7. The van der Waals surface area contributed by atoms with Crippen molar-refractivity contribution in [1.29, 1.82) is 0 Å². The van der Waals surface area contributed by atoms with Crippen LogP contribution in [-0.4, -0.2) is 29.6 Å². The summed E-state index contributed by atoms with van der Waals surface area (Å²) in [6, 6.07) is 4.73. The highest BCUT2D eigenvalue weighted by atomic mass is 32.2. The minimum absolute atomic E-state index is 0.164. The van der Waals surface area contributed by atoms with Gasteiger partial charge in [-0.15, -0.1) is 0 Å². The molecule has 0 saturated heterocycles. The summed E-state index contributed by atoms with van der Waals surface area (Å²) in [5, 5.41) is 9.21. The second kappa shape index (κ2) is 6.38. The second-order valence-corrected chi connectivity index (χ2v) is 6.62. The molecule has 1 aromatic carbocycles. The Morgan fingerprint density at radius 2 is 2.14 bits per heavy atom. The first-order valence-corrected chi connectivity index (χ1v) is 8.08. The molecule has 0 aliphatic carbocycles. The van der Waals surface area contributed by atoms with E-state index in [1.807, 2.05) is 24.7 Å². The summed E-state index contributed by atoms with van der Waals surface area (Å²) >= 11 is 0. The number of aryl methyl sites for hydroxylation is 2. The smallest absolute Gasteiger partial charge is 0.240 e. The maximum atomic E-state index is 12.2. The number of imidazole rings is 1. The van der Waals surface area contributed by atoms with E-state index in [2.05, 4.69) is 9.71 Å². The summed E-state index contributed by atoms with van der Waals surface area (Å²) in [6.45, 7) is 1.93. The highest BCUT2D eigenvalue weighted by Gasteiger charge is 2.15. The number of aromatic nitrogens is 2. The lowest BCUT2D eigenvalue weighted by atomic mass is 10.1. The largest absolute Gasteiger partial charge is 0.392 e. The van der Waals surface area contributed by atoms with Crippen LogP contribution in [0.5, 0.6) is 0 Å². The van der Waals surface area contributed by atoms with E-state index in [1.165, 1.54) is 12.1 Å². The molecule has 0 unspecified atom stereocenters. The van der Waals surface area contributed by atoms with Gasteiger partial charge in [0.15, 0.2) is 0 Å². The Labute approximate surface area is 124 Å². The molecule has 0 saturated carbocycles. The third kappa shape index (κ3) is 3.69. The quantitative estimate of drug-likeness (QED) is 0.824. The molecule has 0 amide bonds. The molecule has 6 nitrogen and oxygen atoms in total. The zero-order valence-corrected chi connectivity index (χ0v) is 12.9. The Kier molecular flexibility index (Phi) is 4.76. The van der Waals surface area contributed by atoms with Crippen molar-refractivity contribution in [2.75, 3.05) is 6.54 Å². The number of aliphatic hydroxyl groups is 1. The molecule has 2 rings (SSSR count). The fraction of sp³-hybridized carbons (Fsp3) is 0.357. The van der Waals surface area contributed by atoms with E-state index in [1.54, 1.807) is 12.3 Å². The van der Waals surface area contributed by atoms with Gasteiger partial charge >= 0.3 is 0 Å². The molecule has 2 N–H and O–H groups in total. The Morgan fingerprint density at radius 1 is 1.38 bits per heavy atom. The highest BCUT2D eigenvalue weighted by Crippen LogP contribution is 2.15. The van der Waals surface area contributed by atoms with E-state index in [4.69, 9.17) is 0 Å². The lowest BCUT2D eigenvalue weighted by Crippen LogP contribution is -2.26. The van der Waals surface area contributed by atoms with E-state index >= 15 is 0 Å². The van der Waals surface area contributed by atoms with E-state index in [9.17, 15) is 13.5 Å². The summed E-state index contributed by atoms with van der Waals surface area (Å²) in [4.78, 5) is 4.31. The van der Waals surface area contributed by atoms with Gasteiger partial charge in [0, 0.05) is 32.4 Å². The molecular weight excluding hydrogens is 290 g/mol. The van der Waals surface area contributed by atoms with E-state index in [0.717, 1.165) is 11.4 Å². The number of rotatable bonds is 6. The van der Waals surface area contributed by atoms with Crippen LogP contribution in [-0.2, 0) is 30.1 Å². The van der Waals surface area contributed by atoms with Gasteiger partial charge in [0.05, 0.1) is 11.5 Å². The van der Waals surface area contributed by atoms with Gasteiger partial charge in [-0.2, -0.15) is 0 Å². The van der Waals surface area contributed by atoms with Crippen LogP contribution in [0.15, 0.2) is 35.5 Å². The van der Waals surface area contributed by atoms with Crippen molar-refractivity contribution >= 4 is 10.0 Å². The normalized spacial score (nSPS) is 11.8. The average molecular weight is 309 g/mol. The molecule has 1 aromatic heterocycles. The lowest BCUT2D eigenvalue weighted by Gasteiger charge is -2.09. The lowest BCUT2D eigenvalue weighted by molar-refractivity contribution is 0.280. The van der Waals surface area contributed by atoms with E-state index in [-0.39, 0.29) is 18.0 Å². The standard InChI is InChI=1S/C14H19N3O3S/c1-11-3-4-13(9-12(11)10-18)21(19,20)16-6-5-14-15-7-8-17(14)2/h3-4,7-9,16,18H,5-6,10H2,1-2H3. The SMILES string of the molecule is Cc1ccc(S(=O)(=O)NCCc2nccn2C)cc1CO. The number of hydrogen-bond donors (Lipinski definition) is 2. The van der Waals surface area contributed by atoms with Gasteiger partial charge in [0.2, 0.25) is 10.0 Å². The number of hydrogen-bond acceptors (Lipinski definition) is 4. The van der Waals surface area contributed by atoms with Crippen LogP contribution < -0.4 is 4.72 Å².